The summed E-state index contributed by atoms with van der Waals surface area (Å²) in [5.74, 6) is -1.15. The average molecular weight is 321 g/mol. The Morgan fingerprint density at radius 1 is 1.18 bits per heavy atom. The van der Waals surface area contributed by atoms with E-state index in [1.54, 1.807) is 18.2 Å². The second-order valence-electron chi connectivity index (χ2n) is 4.59. The highest BCUT2D eigenvalue weighted by molar-refractivity contribution is 6.33. The molecule has 2 rings (SSSR count). The Balaban J connectivity index is 2.14. The lowest BCUT2D eigenvalue weighted by atomic mass is 10.1. The topological polar surface area (TPSA) is 58.2 Å². The molecule has 22 heavy (non-hydrogen) atoms. The molecule has 2 amide bonds. The normalized spacial score (nSPS) is 10.1. The standard InChI is InChI=1S/C16H14ClFN2O2/c1-19-16(22)11-6-7-12(17)14(8-11)20-15(21)9-10-4-2-3-5-13(10)18/h2-8H,9H2,1H3,(H,19,22)(H,20,21). The van der Waals surface area contributed by atoms with Crippen molar-refractivity contribution in [1.82, 2.24) is 5.32 Å². The van der Waals surface area contributed by atoms with E-state index in [9.17, 15) is 14.0 Å². The van der Waals surface area contributed by atoms with Gasteiger partial charge in [0.15, 0.2) is 0 Å². The fourth-order valence-corrected chi connectivity index (χ4v) is 2.08. The number of hydrogen-bond acceptors (Lipinski definition) is 2. The van der Waals surface area contributed by atoms with Gasteiger partial charge in [0, 0.05) is 12.6 Å². The van der Waals surface area contributed by atoms with Crippen molar-refractivity contribution in [1.29, 1.82) is 0 Å². The lowest BCUT2D eigenvalue weighted by Crippen LogP contribution is -2.19. The number of rotatable bonds is 4. The first kappa shape index (κ1) is 16.0. The molecule has 0 saturated heterocycles. The van der Waals surface area contributed by atoms with Crippen LogP contribution in [0, 0.1) is 5.82 Å². The third kappa shape index (κ3) is 3.83. The molecule has 0 aliphatic heterocycles. The second-order valence-corrected chi connectivity index (χ2v) is 5.00. The third-order valence-corrected chi connectivity index (χ3v) is 3.37. The first-order chi connectivity index (χ1) is 10.5. The first-order valence-electron chi connectivity index (χ1n) is 6.56. The van der Waals surface area contributed by atoms with Crippen molar-refractivity contribution in [2.75, 3.05) is 12.4 Å². The molecule has 0 aromatic heterocycles. The van der Waals surface area contributed by atoms with Crippen LogP contribution in [0.4, 0.5) is 10.1 Å². The van der Waals surface area contributed by atoms with E-state index in [0.717, 1.165) is 0 Å². The maximum Gasteiger partial charge on any atom is 0.251 e. The quantitative estimate of drug-likeness (QED) is 0.909. The van der Waals surface area contributed by atoms with Crippen molar-refractivity contribution in [2.45, 2.75) is 6.42 Å². The predicted molar refractivity (Wildman–Crippen MR) is 83.6 cm³/mol. The van der Waals surface area contributed by atoms with Crippen LogP contribution in [0.1, 0.15) is 15.9 Å². The molecule has 6 heteroatoms. The predicted octanol–water partition coefficient (Wildman–Crippen LogP) is 3.02. The van der Waals surface area contributed by atoms with Gasteiger partial charge in [-0.3, -0.25) is 9.59 Å². The molecule has 0 aliphatic rings. The van der Waals surface area contributed by atoms with Gasteiger partial charge in [0.2, 0.25) is 5.91 Å². The molecule has 2 aromatic carbocycles. The Hall–Kier alpha value is -2.40. The monoisotopic (exact) mass is 320 g/mol. The Bertz CT molecular complexity index is 719. The molecule has 0 spiro atoms. The SMILES string of the molecule is CNC(=O)c1ccc(Cl)c(NC(=O)Cc2ccccc2F)c1. The second kappa shape index (κ2) is 7.04. The van der Waals surface area contributed by atoms with Gasteiger partial charge >= 0.3 is 0 Å². The zero-order chi connectivity index (χ0) is 16.1. The summed E-state index contributed by atoms with van der Waals surface area (Å²) in [6.07, 6.45) is -0.118. The smallest absolute Gasteiger partial charge is 0.251 e. The fourth-order valence-electron chi connectivity index (χ4n) is 1.92. The number of hydrogen-bond donors (Lipinski definition) is 2. The lowest BCUT2D eigenvalue weighted by Gasteiger charge is -2.09. The Kier molecular flexibility index (Phi) is 5.12. The average Bonchev–Trinajstić information content (AvgIpc) is 2.51. The maximum atomic E-state index is 13.5. The molecule has 2 N–H and O–H groups in total. The van der Waals surface area contributed by atoms with Crippen LogP contribution < -0.4 is 10.6 Å². The summed E-state index contributed by atoms with van der Waals surface area (Å²) in [6, 6.07) is 10.6. The number of anilines is 1. The highest BCUT2D eigenvalue weighted by atomic mass is 35.5. The molecule has 0 heterocycles. The Morgan fingerprint density at radius 2 is 1.91 bits per heavy atom. The molecule has 0 bridgehead atoms. The van der Waals surface area contributed by atoms with Crippen molar-refractivity contribution < 1.29 is 14.0 Å². The van der Waals surface area contributed by atoms with Crippen LogP contribution in [-0.4, -0.2) is 18.9 Å². The van der Waals surface area contributed by atoms with Crippen LogP contribution in [0.2, 0.25) is 5.02 Å². The lowest BCUT2D eigenvalue weighted by molar-refractivity contribution is -0.115. The summed E-state index contributed by atoms with van der Waals surface area (Å²) in [5, 5.41) is 5.37. The number of amides is 2. The highest BCUT2D eigenvalue weighted by Gasteiger charge is 2.12. The van der Waals surface area contributed by atoms with E-state index in [-0.39, 0.29) is 12.3 Å². The summed E-state index contributed by atoms with van der Waals surface area (Å²) < 4.78 is 13.5. The van der Waals surface area contributed by atoms with Gasteiger partial charge in [0.05, 0.1) is 17.1 Å². The largest absolute Gasteiger partial charge is 0.355 e. The number of carbonyl (C=O) groups excluding carboxylic acids is 2. The van der Waals surface area contributed by atoms with Gasteiger partial charge in [-0.15, -0.1) is 0 Å². The van der Waals surface area contributed by atoms with Crippen molar-refractivity contribution in [3.05, 3.63) is 64.4 Å². The van der Waals surface area contributed by atoms with Crippen molar-refractivity contribution >= 4 is 29.1 Å². The minimum absolute atomic E-state index is 0.118. The molecule has 2 aromatic rings. The Morgan fingerprint density at radius 3 is 2.59 bits per heavy atom. The van der Waals surface area contributed by atoms with Gasteiger partial charge < -0.3 is 10.6 Å². The van der Waals surface area contributed by atoms with Gasteiger partial charge in [-0.25, -0.2) is 4.39 Å². The van der Waals surface area contributed by atoms with E-state index in [1.807, 2.05) is 0 Å². The molecule has 0 fully saturated rings. The zero-order valence-electron chi connectivity index (χ0n) is 11.8. The summed E-state index contributed by atoms with van der Waals surface area (Å²) >= 11 is 6.00. The van der Waals surface area contributed by atoms with Crippen LogP contribution in [0.5, 0.6) is 0 Å². The molecular weight excluding hydrogens is 307 g/mol. The van der Waals surface area contributed by atoms with Gasteiger partial charge in [-0.2, -0.15) is 0 Å². The summed E-state index contributed by atoms with van der Waals surface area (Å²) in [7, 11) is 1.51. The molecule has 114 valence electrons. The van der Waals surface area contributed by atoms with E-state index >= 15 is 0 Å². The summed E-state index contributed by atoms with van der Waals surface area (Å²) in [6.45, 7) is 0. The maximum absolute atomic E-state index is 13.5. The van der Waals surface area contributed by atoms with Crippen LogP contribution in [0.3, 0.4) is 0 Å². The number of halogens is 2. The van der Waals surface area contributed by atoms with Crippen LogP contribution in [0.15, 0.2) is 42.5 Å². The van der Waals surface area contributed by atoms with E-state index < -0.39 is 11.7 Å². The van der Waals surface area contributed by atoms with Gasteiger partial charge in [-0.05, 0) is 29.8 Å². The fraction of sp³-hybridized carbons (Fsp3) is 0.125. The number of nitrogens with one attached hydrogen (secondary N) is 2. The van der Waals surface area contributed by atoms with Crippen LogP contribution >= 0.6 is 11.6 Å². The molecule has 0 saturated carbocycles. The zero-order valence-corrected chi connectivity index (χ0v) is 12.6. The van der Waals surface area contributed by atoms with E-state index in [4.69, 9.17) is 11.6 Å². The van der Waals surface area contributed by atoms with Crippen LogP contribution in [0.25, 0.3) is 0 Å². The first-order valence-corrected chi connectivity index (χ1v) is 6.94. The minimum Gasteiger partial charge on any atom is -0.355 e. The Labute approximate surface area is 132 Å². The van der Waals surface area contributed by atoms with Crippen molar-refractivity contribution in [3.63, 3.8) is 0 Å². The molecular formula is C16H14ClFN2O2. The third-order valence-electron chi connectivity index (χ3n) is 3.04. The number of carbonyl (C=O) groups is 2. The minimum atomic E-state index is -0.442. The van der Waals surface area contributed by atoms with Crippen LogP contribution in [-0.2, 0) is 11.2 Å². The van der Waals surface area contributed by atoms with Gasteiger partial charge in [-0.1, -0.05) is 29.8 Å². The van der Waals surface area contributed by atoms with E-state index in [2.05, 4.69) is 10.6 Å². The van der Waals surface area contributed by atoms with Crippen molar-refractivity contribution in [2.24, 2.45) is 0 Å². The molecule has 4 nitrogen and oxygen atoms in total. The summed E-state index contributed by atoms with van der Waals surface area (Å²) in [5.41, 5.74) is 0.968. The van der Waals surface area contributed by atoms with E-state index in [1.165, 1.54) is 31.3 Å². The molecule has 0 atom stereocenters. The molecule has 0 unspecified atom stereocenters. The molecule has 0 aliphatic carbocycles. The highest BCUT2D eigenvalue weighted by Crippen LogP contribution is 2.23. The van der Waals surface area contributed by atoms with Gasteiger partial charge in [0.1, 0.15) is 5.82 Å². The molecule has 0 radical (unpaired) electrons. The van der Waals surface area contributed by atoms with Crippen molar-refractivity contribution in [3.8, 4) is 0 Å². The summed E-state index contributed by atoms with van der Waals surface area (Å²) in [4.78, 5) is 23.6. The van der Waals surface area contributed by atoms with Gasteiger partial charge in [0.25, 0.3) is 5.91 Å². The van der Waals surface area contributed by atoms with E-state index in [0.29, 0.717) is 21.8 Å². The number of benzene rings is 2.